The lowest BCUT2D eigenvalue weighted by Gasteiger charge is -2.35. The van der Waals surface area contributed by atoms with Crippen molar-refractivity contribution < 1.29 is 9.90 Å². The number of aliphatic hydroxyl groups is 1. The van der Waals surface area contributed by atoms with Crippen molar-refractivity contribution in [1.82, 2.24) is 10.2 Å². The maximum atomic E-state index is 11.3. The van der Waals surface area contributed by atoms with E-state index in [9.17, 15) is 9.90 Å². The molecule has 2 atom stereocenters. The molecule has 1 aromatic carbocycles. The summed E-state index contributed by atoms with van der Waals surface area (Å²) in [5.74, 6) is 0.857. The van der Waals surface area contributed by atoms with Crippen molar-refractivity contribution in [2.75, 3.05) is 26.2 Å². The zero-order valence-corrected chi connectivity index (χ0v) is 15.6. The predicted molar refractivity (Wildman–Crippen MR) is 103 cm³/mol. The Kier molecular flexibility index (Phi) is 5.81. The smallest absolute Gasteiger partial charge is 0.217 e. The van der Waals surface area contributed by atoms with E-state index >= 15 is 0 Å². The maximum absolute atomic E-state index is 11.3. The molecule has 1 aromatic rings. The molecule has 142 valence electrons. The number of guanidine groups is 1. The third kappa shape index (κ3) is 4.18. The van der Waals surface area contributed by atoms with Crippen LogP contribution in [0, 0.1) is 5.92 Å². The summed E-state index contributed by atoms with van der Waals surface area (Å²) in [4.78, 5) is 18.2. The van der Waals surface area contributed by atoms with Crippen LogP contribution in [0.4, 0.5) is 0 Å². The first-order valence-electron chi connectivity index (χ1n) is 9.64. The monoisotopic (exact) mass is 358 g/mol. The minimum Gasteiger partial charge on any atom is -0.383 e. The van der Waals surface area contributed by atoms with Crippen LogP contribution in [0.15, 0.2) is 29.3 Å². The van der Waals surface area contributed by atoms with Crippen LogP contribution >= 0.6 is 0 Å². The van der Waals surface area contributed by atoms with Crippen molar-refractivity contribution in [1.29, 1.82) is 0 Å². The molecule has 26 heavy (non-hydrogen) atoms. The zero-order chi connectivity index (χ0) is 18.6. The standard InChI is InChI=1S/C20H30N4O2/c1-2-22-19(24-11-5-6-15(13-24)12-18(21)25)23-14-20(26)10-9-16-7-3-4-8-17(16)20/h3-4,7-8,15,26H,2,5-6,9-14H2,1H3,(H2,21,25)(H,22,23). The van der Waals surface area contributed by atoms with E-state index in [1.807, 2.05) is 25.1 Å². The van der Waals surface area contributed by atoms with Gasteiger partial charge in [-0.05, 0) is 49.7 Å². The molecular formula is C20H30N4O2. The average molecular weight is 358 g/mol. The lowest BCUT2D eigenvalue weighted by molar-refractivity contribution is -0.119. The Labute approximate surface area is 155 Å². The highest BCUT2D eigenvalue weighted by atomic mass is 16.3. The van der Waals surface area contributed by atoms with Gasteiger partial charge < -0.3 is 21.1 Å². The van der Waals surface area contributed by atoms with Gasteiger partial charge in [-0.15, -0.1) is 0 Å². The first-order valence-corrected chi connectivity index (χ1v) is 9.64. The highest BCUT2D eigenvalue weighted by Crippen LogP contribution is 2.37. The van der Waals surface area contributed by atoms with E-state index < -0.39 is 5.60 Å². The van der Waals surface area contributed by atoms with Crippen molar-refractivity contribution >= 4 is 11.9 Å². The summed E-state index contributed by atoms with van der Waals surface area (Å²) in [6, 6.07) is 8.09. The maximum Gasteiger partial charge on any atom is 0.217 e. The van der Waals surface area contributed by atoms with Gasteiger partial charge in [-0.1, -0.05) is 24.3 Å². The van der Waals surface area contributed by atoms with Gasteiger partial charge in [0.15, 0.2) is 5.96 Å². The Morgan fingerprint density at radius 1 is 1.46 bits per heavy atom. The number of rotatable bonds is 5. The lowest BCUT2D eigenvalue weighted by atomic mass is 9.94. The van der Waals surface area contributed by atoms with Gasteiger partial charge in [-0.2, -0.15) is 0 Å². The van der Waals surface area contributed by atoms with Crippen molar-refractivity contribution in [3.8, 4) is 0 Å². The number of nitrogens with zero attached hydrogens (tertiary/aromatic N) is 2. The number of benzene rings is 1. The molecule has 0 aromatic heterocycles. The van der Waals surface area contributed by atoms with E-state index in [-0.39, 0.29) is 11.8 Å². The van der Waals surface area contributed by atoms with Gasteiger partial charge >= 0.3 is 0 Å². The third-order valence-electron chi connectivity index (χ3n) is 5.46. The van der Waals surface area contributed by atoms with Crippen molar-refractivity contribution in [3.63, 3.8) is 0 Å². The minimum atomic E-state index is -0.889. The first kappa shape index (κ1) is 18.7. The number of primary amides is 1. The Bertz CT molecular complexity index is 676. The molecule has 0 spiro atoms. The minimum absolute atomic E-state index is 0.240. The summed E-state index contributed by atoms with van der Waals surface area (Å²) in [6.45, 7) is 4.86. The number of piperidine rings is 1. The van der Waals surface area contributed by atoms with Crippen LogP contribution in [-0.4, -0.2) is 48.1 Å². The Morgan fingerprint density at radius 2 is 2.27 bits per heavy atom. The summed E-state index contributed by atoms with van der Waals surface area (Å²) >= 11 is 0. The number of nitrogens with two attached hydrogens (primary N) is 1. The van der Waals surface area contributed by atoms with Crippen LogP contribution in [0.25, 0.3) is 0 Å². The van der Waals surface area contributed by atoms with Gasteiger partial charge in [0.25, 0.3) is 0 Å². The van der Waals surface area contributed by atoms with Gasteiger partial charge in [0, 0.05) is 26.1 Å². The number of aliphatic imine (C=N–C) groups is 1. The molecule has 0 radical (unpaired) electrons. The van der Waals surface area contributed by atoms with Crippen LogP contribution < -0.4 is 11.1 Å². The fourth-order valence-corrected chi connectivity index (χ4v) is 4.17. The molecule has 1 amide bonds. The molecule has 6 nitrogen and oxygen atoms in total. The van der Waals surface area contributed by atoms with Crippen LogP contribution in [0.3, 0.4) is 0 Å². The van der Waals surface area contributed by atoms with E-state index in [4.69, 9.17) is 10.7 Å². The van der Waals surface area contributed by atoms with Crippen LogP contribution in [-0.2, 0) is 16.8 Å². The highest BCUT2D eigenvalue weighted by molar-refractivity contribution is 5.80. The second-order valence-electron chi connectivity index (χ2n) is 7.48. The van der Waals surface area contributed by atoms with Gasteiger partial charge in [0.05, 0.1) is 6.54 Å². The molecule has 3 rings (SSSR count). The topological polar surface area (TPSA) is 91.0 Å². The third-order valence-corrected chi connectivity index (χ3v) is 5.46. The summed E-state index contributed by atoms with van der Waals surface area (Å²) in [5.41, 5.74) is 6.70. The second kappa shape index (κ2) is 8.08. The predicted octanol–water partition coefficient (Wildman–Crippen LogP) is 1.37. The van der Waals surface area contributed by atoms with Gasteiger partial charge in [-0.25, -0.2) is 4.99 Å². The summed E-state index contributed by atoms with van der Waals surface area (Å²) in [5, 5.41) is 14.5. The molecule has 1 aliphatic heterocycles. The molecule has 0 bridgehead atoms. The fraction of sp³-hybridized carbons (Fsp3) is 0.600. The largest absolute Gasteiger partial charge is 0.383 e. The average Bonchev–Trinajstić information content (AvgIpc) is 2.96. The van der Waals surface area contributed by atoms with Crippen molar-refractivity contribution in [2.45, 2.75) is 44.6 Å². The molecule has 1 fully saturated rings. The van der Waals surface area contributed by atoms with Crippen LogP contribution in [0.1, 0.15) is 43.7 Å². The van der Waals surface area contributed by atoms with Gasteiger partial charge in [0.2, 0.25) is 5.91 Å². The number of nitrogens with one attached hydrogen (secondary N) is 1. The van der Waals surface area contributed by atoms with Crippen LogP contribution in [0.5, 0.6) is 0 Å². The number of amides is 1. The first-order chi connectivity index (χ1) is 12.5. The fourth-order valence-electron chi connectivity index (χ4n) is 4.17. The van der Waals surface area contributed by atoms with Crippen LogP contribution in [0.2, 0.25) is 0 Å². The molecule has 1 aliphatic carbocycles. The molecule has 4 N–H and O–H groups in total. The van der Waals surface area contributed by atoms with E-state index in [2.05, 4.69) is 16.3 Å². The molecule has 1 saturated heterocycles. The number of aryl methyl sites for hydroxylation is 1. The van der Waals surface area contributed by atoms with E-state index in [0.29, 0.717) is 19.4 Å². The molecule has 2 aliphatic rings. The number of fused-ring (bicyclic) bond motifs is 1. The summed E-state index contributed by atoms with van der Waals surface area (Å²) < 4.78 is 0. The quantitative estimate of drug-likeness (QED) is 0.548. The molecule has 2 unspecified atom stereocenters. The number of carbonyl (C=O) groups excluding carboxylic acids is 1. The van der Waals surface area contributed by atoms with Gasteiger partial charge in [-0.3, -0.25) is 4.79 Å². The highest BCUT2D eigenvalue weighted by Gasteiger charge is 2.36. The van der Waals surface area contributed by atoms with E-state index in [1.165, 1.54) is 5.56 Å². The second-order valence-corrected chi connectivity index (χ2v) is 7.48. The summed E-state index contributed by atoms with van der Waals surface area (Å²) in [7, 11) is 0. The Morgan fingerprint density at radius 3 is 3.04 bits per heavy atom. The molecule has 1 heterocycles. The Balaban J connectivity index is 1.72. The molecule has 6 heteroatoms. The zero-order valence-electron chi connectivity index (χ0n) is 15.6. The van der Waals surface area contributed by atoms with E-state index in [0.717, 1.165) is 50.4 Å². The SMILES string of the molecule is CCNC(=NCC1(O)CCc2ccccc21)N1CCCC(CC(N)=O)C1. The number of carbonyl (C=O) groups is 1. The van der Waals surface area contributed by atoms with Crippen molar-refractivity contribution in [2.24, 2.45) is 16.6 Å². The van der Waals surface area contributed by atoms with Crippen molar-refractivity contribution in [3.05, 3.63) is 35.4 Å². The number of likely N-dealkylation sites (tertiary alicyclic amines) is 1. The van der Waals surface area contributed by atoms with Gasteiger partial charge in [0.1, 0.15) is 5.60 Å². The Hall–Kier alpha value is -2.08. The lowest BCUT2D eigenvalue weighted by Crippen LogP contribution is -2.47. The molecule has 0 saturated carbocycles. The number of hydrogen-bond acceptors (Lipinski definition) is 3. The number of hydrogen-bond donors (Lipinski definition) is 3. The normalized spacial score (nSPS) is 25.8. The van der Waals surface area contributed by atoms with E-state index in [1.54, 1.807) is 0 Å². The summed E-state index contributed by atoms with van der Waals surface area (Å²) in [6.07, 6.45) is 4.07. The molecular weight excluding hydrogens is 328 g/mol.